The van der Waals surface area contributed by atoms with E-state index in [9.17, 15) is 4.79 Å². The summed E-state index contributed by atoms with van der Waals surface area (Å²) < 4.78 is 1.02. The average Bonchev–Trinajstić information content (AvgIpc) is 2.28. The highest BCUT2D eigenvalue weighted by molar-refractivity contribution is 9.10. The van der Waals surface area contributed by atoms with Crippen LogP contribution >= 0.6 is 15.9 Å². The molecule has 0 aliphatic rings. The highest BCUT2D eigenvalue weighted by atomic mass is 79.9. The molecule has 16 heavy (non-hydrogen) atoms. The highest BCUT2D eigenvalue weighted by Gasteiger charge is 2.09. The van der Waals surface area contributed by atoms with Gasteiger partial charge >= 0.3 is 0 Å². The minimum atomic E-state index is 0.273. The lowest BCUT2D eigenvalue weighted by molar-refractivity contribution is 0.0978. The van der Waals surface area contributed by atoms with Gasteiger partial charge in [-0.05, 0) is 25.0 Å². The predicted molar refractivity (Wildman–Crippen MR) is 72.0 cm³/mol. The fourth-order valence-corrected chi connectivity index (χ4v) is 2.12. The van der Waals surface area contributed by atoms with E-state index in [1.165, 1.54) is 12.8 Å². The zero-order valence-corrected chi connectivity index (χ0v) is 11.6. The lowest BCUT2D eigenvalue weighted by atomic mass is 10.0. The Morgan fingerprint density at radius 2 is 2.00 bits per heavy atom. The maximum Gasteiger partial charge on any atom is 0.163 e. The van der Waals surface area contributed by atoms with Gasteiger partial charge in [0.25, 0.3) is 0 Å². The number of rotatable bonds is 6. The molecular formula is C14H19BrO. The van der Waals surface area contributed by atoms with Gasteiger partial charge in [-0.25, -0.2) is 0 Å². The SMILES string of the molecule is CCCCCCC(=O)c1cccc(Br)c1C. The second-order valence-corrected chi connectivity index (χ2v) is 5.00. The summed E-state index contributed by atoms with van der Waals surface area (Å²) in [5.74, 6) is 0.273. The van der Waals surface area contributed by atoms with Gasteiger partial charge in [0.1, 0.15) is 0 Å². The van der Waals surface area contributed by atoms with Crippen molar-refractivity contribution in [1.29, 1.82) is 0 Å². The molecule has 1 rings (SSSR count). The zero-order chi connectivity index (χ0) is 12.0. The van der Waals surface area contributed by atoms with Crippen LogP contribution in [0.2, 0.25) is 0 Å². The standard InChI is InChI=1S/C14H19BrO/c1-3-4-5-6-10-14(16)12-8-7-9-13(15)11(12)2/h7-9H,3-6,10H2,1-2H3. The zero-order valence-electron chi connectivity index (χ0n) is 10.1. The van der Waals surface area contributed by atoms with Gasteiger partial charge in [0, 0.05) is 16.5 Å². The van der Waals surface area contributed by atoms with E-state index < -0.39 is 0 Å². The first-order valence-electron chi connectivity index (χ1n) is 5.95. The van der Waals surface area contributed by atoms with Crippen LogP contribution in [0.15, 0.2) is 22.7 Å². The van der Waals surface area contributed by atoms with E-state index in [0.29, 0.717) is 6.42 Å². The van der Waals surface area contributed by atoms with Crippen LogP contribution in [0.3, 0.4) is 0 Å². The molecule has 0 radical (unpaired) electrons. The molecule has 1 aromatic rings. The summed E-state index contributed by atoms with van der Waals surface area (Å²) in [6.07, 6.45) is 5.29. The van der Waals surface area contributed by atoms with Crippen molar-refractivity contribution in [2.24, 2.45) is 0 Å². The normalized spacial score (nSPS) is 10.4. The number of halogens is 1. The van der Waals surface area contributed by atoms with E-state index in [2.05, 4.69) is 22.9 Å². The Morgan fingerprint density at radius 3 is 2.69 bits per heavy atom. The Morgan fingerprint density at radius 1 is 1.25 bits per heavy atom. The van der Waals surface area contributed by atoms with Crippen molar-refractivity contribution in [3.05, 3.63) is 33.8 Å². The average molecular weight is 283 g/mol. The number of benzene rings is 1. The third kappa shape index (κ3) is 3.75. The molecule has 0 saturated heterocycles. The molecule has 0 aromatic heterocycles. The largest absolute Gasteiger partial charge is 0.294 e. The van der Waals surface area contributed by atoms with Crippen molar-refractivity contribution in [3.63, 3.8) is 0 Å². The van der Waals surface area contributed by atoms with Gasteiger partial charge in [0.05, 0.1) is 0 Å². The Hall–Kier alpha value is -0.630. The van der Waals surface area contributed by atoms with Crippen LogP contribution in [0, 0.1) is 6.92 Å². The summed E-state index contributed by atoms with van der Waals surface area (Å²) in [4.78, 5) is 12.0. The number of carbonyl (C=O) groups is 1. The van der Waals surface area contributed by atoms with Crippen molar-refractivity contribution in [2.75, 3.05) is 0 Å². The molecule has 0 atom stereocenters. The lowest BCUT2D eigenvalue weighted by Crippen LogP contribution is -2.02. The Bertz CT molecular complexity index is 358. The first kappa shape index (κ1) is 13.4. The second kappa shape index (κ2) is 6.85. The van der Waals surface area contributed by atoms with Crippen LogP contribution < -0.4 is 0 Å². The molecular weight excluding hydrogens is 264 g/mol. The molecule has 0 amide bonds. The van der Waals surface area contributed by atoms with Crippen molar-refractivity contribution in [3.8, 4) is 0 Å². The van der Waals surface area contributed by atoms with Crippen LogP contribution in [0.1, 0.15) is 54.9 Å². The quantitative estimate of drug-likeness (QED) is 0.535. The number of hydrogen-bond acceptors (Lipinski definition) is 1. The molecule has 0 unspecified atom stereocenters. The number of carbonyl (C=O) groups excluding carboxylic acids is 1. The molecule has 0 N–H and O–H groups in total. The van der Waals surface area contributed by atoms with Crippen molar-refractivity contribution < 1.29 is 4.79 Å². The third-order valence-corrected chi connectivity index (χ3v) is 3.68. The molecule has 0 spiro atoms. The van der Waals surface area contributed by atoms with Crippen molar-refractivity contribution in [2.45, 2.75) is 46.0 Å². The predicted octanol–water partition coefficient (Wildman–Crippen LogP) is 4.91. The first-order chi connectivity index (χ1) is 7.66. The van der Waals surface area contributed by atoms with Crippen LogP contribution in [0.4, 0.5) is 0 Å². The minimum absolute atomic E-state index is 0.273. The Labute approximate surface area is 106 Å². The summed E-state index contributed by atoms with van der Waals surface area (Å²) in [6.45, 7) is 4.17. The maximum atomic E-state index is 12.0. The summed E-state index contributed by atoms with van der Waals surface area (Å²) in [6, 6.07) is 5.82. The van der Waals surface area contributed by atoms with Crippen LogP contribution in [0.5, 0.6) is 0 Å². The molecule has 1 aromatic carbocycles. The second-order valence-electron chi connectivity index (χ2n) is 4.15. The van der Waals surface area contributed by atoms with E-state index >= 15 is 0 Å². The van der Waals surface area contributed by atoms with E-state index in [4.69, 9.17) is 0 Å². The minimum Gasteiger partial charge on any atom is -0.294 e. The summed E-state index contributed by atoms with van der Waals surface area (Å²) in [5, 5.41) is 0. The smallest absolute Gasteiger partial charge is 0.163 e. The number of Topliss-reactive ketones (excluding diaryl/α,β-unsaturated/α-hetero) is 1. The topological polar surface area (TPSA) is 17.1 Å². The first-order valence-corrected chi connectivity index (χ1v) is 6.74. The number of unbranched alkanes of at least 4 members (excludes halogenated alkanes) is 3. The monoisotopic (exact) mass is 282 g/mol. The molecule has 0 fully saturated rings. The lowest BCUT2D eigenvalue weighted by Gasteiger charge is -2.06. The molecule has 1 nitrogen and oxygen atoms in total. The van der Waals surface area contributed by atoms with Gasteiger partial charge in [-0.1, -0.05) is 54.2 Å². The van der Waals surface area contributed by atoms with E-state index in [0.717, 1.165) is 28.4 Å². The molecule has 2 heteroatoms. The fourth-order valence-electron chi connectivity index (χ4n) is 1.76. The van der Waals surface area contributed by atoms with Gasteiger partial charge in [-0.2, -0.15) is 0 Å². The van der Waals surface area contributed by atoms with Crippen molar-refractivity contribution >= 4 is 21.7 Å². The maximum absolute atomic E-state index is 12.0. The van der Waals surface area contributed by atoms with E-state index in [1.807, 2.05) is 25.1 Å². The Balaban J connectivity index is 2.56. The highest BCUT2D eigenvalue weighted by Crippen LogP contribution is 2.21. The summed E-state index contributed by atoms with van der Waals surface area (Å²) in [5.41, 5.74) is 1.92. The molecule has 0 bridgehead atoms. The van der Waals surface area contributed by atoms with Crippen LogP contribution in [0.25, 0.3) is 0 Å². The molecule has 0 aliphatic heterocycles. The van der Waals surface area contributed by atoms with Crippen LogP contribution in [-0.4, -0.2) is 5.78 Å². The number of hydrogen-bond donors (Lipinski definition) is 0. The number of ketones is 1. The molecule has 0 saturated carbocycles. The summed E-state index contributed by atoms with van der Waals surface area (Å²) in [7, 11) is 0. The Kier molecular flexibility index (Phi) is 5.75. The molecule has 0 aliphatic carbocycles. The van der Waals surface area contributed by atoms with Gasteiger partial charge in [0.2, 0.25) is 0 Å². The van der Waals surface area contributed by atoms with Gasteiger partial charge in [-0.15, -0.1) is 0 Å². The van der Waals surface area contributed by atoms with Gasteiger partial charge in [-0.3, -0.25) is 4.79 Å². The van der Waals surface area contributed by atoms with Crippen LogP contribution in [-0.2, 0) is 0 Å². The molecule has 88 valence electrons. The summed E-state index contributed by atoms with van der Waals surface area (Å²) >= 11 is 3.46. The fraction of sp³-hybridized carbons (Fsp3) is 0.500. The van der Waals surface area contributed by atoms with E-state index in [1.54, 1.807) is 0 Å². The van der Waals surface area contributed by atoms with Gasteiger partial charge in [0.15, 0.2) is 5.78 Å². The molecule has 0 heterocycles. The van der Waals surface area contributed by atoms with Gasteiger partial charge < -0.3 is 0 Å². The third-order valence-electron chi connectivity index (χ3n) is 2.83. The van der Waals surface area contributed by atoms with Crippen molar-refractivity contribution in [1.82, 2.24) is 0 Å². The van der Waals surface area contributed by atoms with E-state index in [-0.39, 0.29) is 5.78 Å².